The molecule has 8 nitrogen and oxygen atoms in total. The molecule has 40 heavy (non-hydrogen) atoms. The van der Waals surface area contributed by atoms with E-state index in [1.54, 1.807) is 26.0 Å². The molecule has 2 heterocycles. The highest BCUT2D eigenvalue weighted by Crippen LogP contribution is 2.50. The first-order chi connectivity index (χ1) is 18.6. The third-order valence-electron chi connectivity index (χ3n) is 8.84. The molecule has 2 aromatic rings. The van der Waals surface area contributed by atoms with Gasteiger partial charge in [-0.2, -0.15) is 0 Å². The van der Waals surface area contributed by atoms with Gasteiger partial charge in [-0.15, -0.1) is 12.4 Å². The lowest BCUT2D eigenvalue weighted by Gasteiger charge is -2.36. The summed E-state index contributed by atoms with van der Waals surface area (Å²) >= 11 is 0. The molecule has 5 rings (SSSR count). The molecule has 2 aromatic carbocycles. The molecular weight excluding hydrogens is 528 g/mol. The van der Waals surface area contributed by atoms with Crippen LogP contribution in [0.3, 0.4) is 0 Å². The van der Waals surface area contributed by atoms with E-state index in [4.69, 9.17) is 4.74 Å². The molecule has 2 unspecified atom stereocenters. The molecule has 3 aliphatic rings. The van der Waals surface area contributed by atoms with E-state index in [-0.39, 0.29) is 42.2 Å². The van der Waals surface area contributed by atoms with Crippen molar-refractivity contribution in [2.75, 3.05) is 14.2 Å². The van der Waals surface area contributed by atoms with Crippen molar-refractivity contribution in [2.24, 2.45) is 5.41 Å². The van der Waals surface area contributed by atoms with E-state index in [9.17, 15) is 14.4 Å². The molecule has 216 valence electrons. The number of methoxy groups -OCH3 is 1. The third-order valence-corrected chi connectivity index (χ3v) is 8.84. The van der Waals surface area contributed by atoms with Crippen molar-refractivity contribution >= 4 is 30.1 Å². The predicted molar refractivity (Wildman–Crippen MR) is 156 cm³/mol. The summed E-state index contributed by atoms with van der Waals surface area (Å²) in [6.07, 6.45) is 3.87. The first-order valence-electron chi connectivity index (χ1n) is 14.0. The zero-order valence-electron chi connectivity index (χ0n) is 24.0. The molecule has 5 atom stereocenters. The number of carbonyl (C=O) groups is 3. The normalized spacial score (nSPS) is 25.3. The summed E-state index contributed by atoms with van der Waals surface area (Å²) < 4.78 is 5.48. The van der Waals surface area contributed by atoms with Crippen LogP contribution in [0.1, 0.15) is 74.4 Å². The van der Waals surface area contributed by atoms with Crippen LogP contribution in [0.4, 0.5) is 0 Å². The number of likely N-dealkylation sites (N-methyl/N-ethyl adjacent to an activating group) is 1. The molecule has 1 fully saturated rings. The fourth-order valence-corrected chi connectivity index (χ4v) is 6.68. The van der Waals surface area contributed by atoms with Gasteiger partial charge in [0.25, 0.3) is 0 Å². The topological polar surface area (TPSA) is 99.8 Å². The molecule has 0 bridgehead atoms. The van der Waals surface area contributed by atoms with Gasteiger partial charge in [-0.25, -0.2) is 0 Å². The second-order valence-corrected chi connectivity index (χ2v) is 11.8. The number of benzene rings is 2. The van der Waals surface area contributed by atoms with E-state index < -0.39 is 23.5 Å². The van der Waals surface area contributed by atoms with Gasteiger partial charge in [0.15, 0.2) is 0 Å². The lowest BCUT2D eigenvalue weighted by Crippen LogP contribution is -2.57. The Morgan fingerprint density at radius 2 is 1.80 bits per heavy atom. The van der Waals surface area contributed by atoms with Crippen LogP contribution in [0.15, 0.2) is 42.5 Å². The smallest absolute Gasteiger partial charge is 0.246 e. The Morgan fingerprint density at radius 3 is 2.52 bits per heavy atom. The number of hydrogen-bond donors (Lipinski definition) is 3. The number of hydrogen-bond acceptors (Lipinski definition) is 5. The standard InChI is InChI=1S/C31H40N4O4.ClH/c1-18(32-4)28(36)34-25-16-20-15-21(39-5)13-14-23(20)26-17-31(2,3)27(35(26)30(25)38)29(37)33-24-12-8-10-19-9-6-7-11-22(19)24;/h6-7,9,11,13-15,18,24-27,32H,8,10,12,16-17H2,1-5H3,(H,33,37)(H,34,36);1H/t18?,24-,25+,26-,27?;/m1./s1. The molecule has 3 N–H and O–H groups in total. The maximum absolute atomic E-state index is 14.3. The SMILES string of the molecule is CNC(C)C(=O)N[C@H]1Cc2cc(OC)ccc2[C@H]2CC(C)(C)C(C(=O)N[C@@H]3CCCc4ccccc43)N2C1=O.Cl. The molecular formula is C31H41ClN4O4. The van der Waals surface area contributed by atoms with Crippen molar-refractivity contribution in [3.8, 4) is 5.75 Å². The van der Waals surface area contributed by atoms with Gasteiger partial charge in [-0.05, 0) is 79.5 Å². The summed E-state index contributed by atoms with van der Waals surface area (Å²) in [5.41, 5.74) is 3.92. The van der Waals surface area contributed by atoms with Gasteiger partial charge in [0, 0.05) is 6.42 Å². The molecule has 9 heteroatoms. The van der Waals surface area contributed by atoms with Gasteiger partial charge in [-0.3, -0.25) is 14.4 Å². The molecule has 2 aliphatic heterocycles. The summed E-state index contributed by atoms with van der Waals surface area (Å²) in [4.78, 5) is 43.1. The number of carbonyl (C=O) groups excluding carboxylic acids is 3. The quantitative estimate of drug-likeness (QED) is 0.494. The van der Waals surface area contributed by atoms with Crippen molar-refractivity contribution in [2.45, 2.75) is 83.1 Å². The first kappa shape index (κ1) is 29.9. The van der Waals surface area contributed by atoms with Crippen LogP contribution >= 0.6 is 12.4 Å². The van der Waals surface area contributed by atoms with Crippen LogP contribution < -0.4 is 20.7 Å². The Balaban J connectivity index is 0.00000370. The maximum Gasteiger partial charge on any atom is 0.246 e. The highest BCUT2D eigenvalue weighted by Gasteiger charge is 2.55. The Kier molecular flexibility index (Phi) is 8.80. The minimum absolute atomic E-state index is 0. The number of rotatable bonds is 6. The summed E-state index contributed by atoms with van der Waals surface area (Å²) in [6, 6.07) is 11.9. The highest BCUT2D eigenvalue weighted by molar-refractivity contribution is 5.95. The lowest BCUT2D eigenvalue weighted by atomic mass is 9.81. The number of ether oxygens (including phenoxy) is 1. The lowest BCUT2D eigenvalue weighted by molar-refractivity contribution is -0.145. The van der Waals surface area contributed by atoms with Crippen molar-refractivity contribution in [3.63, 3.8) is 0 Å². The minimum Gasteiger partial charge on any atom is -0.497 e. The molecule has 0 aromatic heterocycles. The van der Waals surface area contributed by atoms with Crippen LogP contribution in [0.5, 0.6) is 5.75 Å². The summed E-state index contributed by atoms with van der Waals surface area (Å²) in [6.45, 7) is 5.88. The van der Waals surface area contributed by atoms with Gasteiger partial charge in [-0.1, -0.05) is 44.2 Å². The van der Waals surface area contributed by atoms with Crippen molar-refractivity contribution in [1.82, 2.24) is 20.9 Å². The van der Waals surface area contributed by atoms with Gasteiger partial charge >= 0.3 is 0 Å². The van der Waals surface area contributed by atoms with E-state index in [2.05, 4.69) is 41.9 Å². The third kappa shape index (κ3) is 5.44. The maximum atomic E-state index is 14.3. The number of halogens is 1. The van der Waals surface area contributed by atoms with E-state index in [0.29, 0.717) is 18.6 Å². The zero-order chi connectivity index (χ0) is 27.9. The minimum atomic E-state index is -0.788. The molecule has 3 amide bonds. The van der Waals surface area contributed by atoms with Crippen molar-refractivity contribution < 1.29 is 19.1 Å². The van der Waals surface area contributed by atoms with Gasteiger partial charge in [0.2, 0.25) is 17.7 Å². The average Bonchev–Trinajstić information content (AvgIpc) is 3.17. The van der Waals surface area contributed by atoms with E-state index in [0.717, 1.165) is 36.0 Å². The second-order valence-electron chi connectivity index (χ2n) is 11.8. The van der Waals surface area contributed by atoms with Crippen LogP contribution in [0.25, 0.3) is 0 Å². The number of aryl methyl sites for hydroxylation is 1. The Hall–Kier alpha value is -3.10. The van der Waals surface area contributed by atoms with E-state index in [1.165, 1.54) is 5.56 Å². The Bertz CT molecular complexity index is 1280. The largest absolute Gasteiger partial charge is 0.497 e. The predicted octanol–water partition coefficient (Wildman–Crippen LogP) is 3.63. The van der Waals surface area contributed by atoms with Crippen LogP contribution in [-0.4, -0.2) is 54.9 Å². The monoisotopic (exact) mass is 568 g/mol. The number of nitrogens with zero attached hydrogens (tertiary/aromatic N) is 1. The van der Waals surface area contributed by atoms with Gasteiger partial charge in [0.1, 0.15) is 17.8 Å². The number of nitrogens with one attached hydrogen (secondary N) is 3. The Labute approximate surface area is 243 Å². The Morgan fingerprint density at radius 1 is 1.05 bits per heavy atom. The van der Waals surface area contributed by atoms with Crippen LogP contribution in [-0.2, 0) is 27.2 Å². The molecule has 1 saturated heterocycles. The van der Waals surface area contributed by atoms with Crippen LogP contribution in [0, 0.1) is 5.41 Å². The molecule has 0 radical (unpaired) electrons. The molecule has 0 spiro atoms. The fourth-order valence-electron chi connectivity index (χ4n) is 6.68. The molecule has 0 saturated carbocycles. The number of fused-ring (bicyclic) bond motifs is 4. The van der Waals surface area contributed by atoms with Crippen molar-refractivity contribution in [1.29, 1.82) is 0 Å². The first-order valence-corrected chi connectivity index (χ1v) is 14.0. The van der Waals surface area contributed by atoms with Gasteiger partial charge in [0.05, 0.1) is 25.2 Å². The fraction of sp³-hybridized carbons (Fsp3) is 0.516. The average molecular weight is 569 g/mol. The van der Waals surface area contributed by atoms with E-state index in [1.807, 2.05) is 30.3 Å². The second kappa shape index (κ2) is 11.8. The van der Waals surface area contributed by atoms with Crippen molar-refractivity contribution in [3.05, 3.63) is 64.7 Å². The van der Waals surface area contributed by atoms with E-state index >= 15 is 0 Å². The highest BCUT2D eigenvalue weighted by atomic mass is 35.5. The molecule has 1 aliphatic carbocycles. The summed E-state index contributed by atoms with van der Waals surface area (Å²) in [5, 5.41) is 9.23. The summed E-state index contributed by atoms with van der Waals surface area (Å²) in [5.74, 6) is 0.0904. The van der Waals surface area contributed by atoms with Crippen LogP contribution in [0.2, 0.25) is 0 Å². The zero-order valence-corrected chi connectivity index (χ0v) is 24.8. The number of amides is 3. The van der Waals surface area contributed by atoms with Gasteiger partial charge < -0.3 is 25.6 Å². The summed E-state index contributed by atoms with van der Waals surface area (Å²) in [7, 11) is 3.33.